The van der Waals surface area contributed by atoms with E-state index in [4.69, 9.17) is 44.3 Å². The molecule has 0 aliphatic heterocycles. The van der Waals surface area contributed by atoms with E-state index in [-0.39, 0.29) is 16.5 Å². The van der Waals surface area contributed by atoms with Crippen LogP contribution in [0.2, 0.25) is 15.3 Å². The molecule has 88 valence electrons. The summed E-state index contributed by atoms with van der Waals surface area (Å²) < 4.78 is 5.14. The Morgan fingerprint density at radius 2 is 1.88 bits per heavy atom. The first-order valence-electron chi connectivity index (χ1n) is 4.47. The highest BCUT2D eigenvalue weighted by atomic mass is 35.5. The number of carbonyl (C=O) groups is 1. The second-order valence-corrected chi connectivity index (χ2v) is 4.44. The van der Waals surface area contributed by atoms with Crippen molar-refractivity contribution in [1.82, 2.24) is 0 Å². The summed E-state index contributed by atoms with van der Waals surface area (Å²) in [7, 11) is 0. The maximum Gasteiger partial charge on any atom is 0.339 e. The van der Waals surface area contributed by atoms with Gasteiger partial charge in [-0.3, -0.25) is 0 Å². The summed E-state index contributed by atoms with van der Waals surface area (Å²) in [6.07, 6.45) is 0. The van der Waals surface area contributed by atoms with Crippen LogP contribution < -0.4 is 0 Å². The van der Waals surface area contributed by atoms with Crippen LogP contribution in [0.3, 0.4) is 0 Å². The standard InChI is InChI=1S/C11H5Cl3O3/c12-5-1-2-6(8(13)3-5)10-7(11(15)16)4-9(14)17-10/h1-4H,(H,15,16). The molecule has 0 aliphatic rings. The summed E-state index contributed by atoms with van der Waals surface area (Å²) in [5.41, 5.74) is 0.389. The molecule has 1 N–H and O–H groups in total. The number of hydrogen-bond acceptors (Lipinski definition) is 2. The molecule has 17 heavy (non-hydrogen) atoms. The van der Waals surface area contributed by atoms with Crippen LogP contribution in [-0.2, 0) is 0 Å². The largest absolute Gasteiger partial charge is 0.478 e. The van der Waals surface area contributed by atoms with Crippen LogP contribution in [0.1, 0.15) is 10.4 Å². The second-order valence-electron chi connectivity index (χ2n) is 3.22. The van der Waals surface area contributed by atoms with Crippen LogP contribution in [0, 0.1) is 0 Å². The fraction of sp³-hybridized carbons (Fsp3) is 0. The molecule has 0 atom stereocenters. The summed E-state index contributed by atoms with van der Waals surface area (Å²) in [6.45, 7) is 0. The van der Waals surface area contributed by atoms with Gasteiger partial charge in [-0.05, 0) is 29.8 Å². The number of benzene rings is 1. The molecular formula is C11H5Cl3O3. The Hall–Kier alpha value is -1.16. The highest BCUT2D eigenvalue weighted by Crippen LogP contribution is 2.35. The average Bonchev–Trinajstić information content (AvgIpc) is 2.60. The van der Waals surface area contributed by atoms with Gasteiger partial charge in [-0.1, -0.05) is 23.2 Å². The Morgan fingerprint density at radius 1 is 1.18 bits per heavy atom. The van der Waals surface area contributed by atoms with Gasteiger partial charge < -0.3 is 9.52 Å². The second kappa shape index (κ2) is 4.61. The van der Waals surface area contributed by atoms with Crippen LogP contribution in [0.15, 0.2) is 28.7 Å². The van der Waals surface area contributed by atoms with Gasteiger partial charge in [0.15, 0.2) is 11.0 Å². The van der Waals surface area contributed by atoms with Gasteiger partial charge in [0.2, 0.25) is 0 Å². The summed E-state index contributed by atoms with van der Waals surface area (Å²) in [5.74, 6) is -1.02. The fourth-order valence-corrected chi connectivity index (χ4v) is 2.07. The Bertz CT molecular complexity index is 590. The molecule has 0 bridgehead atoms. The van der Waals surface area contributed by atoms with E-state index < -0.39 is 5.97 Å². The Balaban J connectivity index is 2.63. The van der Waals surface area contributed by atoms with Gasteiger partial charge in [-0.15, -0.1) is 0 Å². The van der Waals surface area contributed by atoms with Crippen molar-refractivity contribution in [3.63, 3.8) is 0 Å². The third-order valence-electron chi connectivity index (χ3n) is 2.11. The highest BCUT2D eigenvalue weighted by molar-refractivity contribution is 6.36. The molecule has 0 amide bonds. The van der Waals surface area contributed by atoms with Crippen molar-refractivity contribution < 1.29 is 14.3 Å². The predicted molar refractivity (Wildman–Crippen MR) is 66.1 cm³/mol. The zero-order valence-corrected chi connectivity index (χ0v) is 10.5. The van der Waals surface area contributed by atoms with Crippen LogP contribution in [0.4, 0.5) is 0 Å². The zero-order valence-electron chi connectivity index (χ0n) is 8.21. The third kappa shape index (κ3) is 2.41. The topological polar surface area (TPSA) is 50.4 Å². The maximum atomic E-state index is 11.0. The van der Waals surface area contributed by atoms with Gasteiger partial charge in [0.05, 0.1) is 5.02 Å². The number of aromatic carboxylic acids is 1. The SMILES string of the molecule is O=C(O)c1cc(Cl)oc1-c1ccc(Cl)cc1Cl. The number of hydrogen-bond donors (Lipinski definition) is 1. The summed E-state index contributed by atoms with van der Waals surface area (Å²) in [6, 6.07) is 5.89. The van der Waals surface area contributed by atoms with Gasteiger partial charge in [0.25, 0.3) is 0 Å². The van der Waals surface area contributed by atoms with Crippen molar-refractivity contribution in [2.75, 3.05) is 0 Å². The van der Waals surface area contributed by atoms with E-state index in [2.05, 4.69) is 0 Å². The Labute approximate surface area is 112 Å². The molecule has 0 radical (unpaired) electrons. The van der Waals surface area contributed by atoms with Gasteiger partial charge in [-0.25, -0.2) is 4.79 Å². The number of furan rings is 1. The predicted octanol–water partition coefficient (Wildman–Crippen LogP) is 4.61. The molecule has 0 spiro atoms. The minimum atomic E-state index is -1.14. The van der Waals surface area contributed by atoms with E-state index in [9.17, 15) is 4.79 Å². The number of carboxylic acids is 1. The maximum absolute atomic E-state index is 11.0. The van der Waals surface area contributed by atoms with Crippen molar-refractivity contribution in [1.29, 1.82) is 0 Å². The molecule has 1 heterocycles. The molecule has 1 aromatic carbocycles. The van der Waals surface area contributed by atoms with Crippen molar-refractivity contribution in [2.45, 2.75) is 0 Å². The molecule has 3 nitrogen and oxygen atoms in total. The van der Waals surface area contributed by atoms with Crippen molar-refractivity contribution in [2.24, 2.45) is 0 Å². The van der Waals surface area contributed by atoms with E-state index in [1.54, 1.807) is 12.1 Å². The lowest BCUT2D eigenvalue weighted by Gasteiger charge is -2.02. The van der Waals surface area contributed by atoms with Gasteiger partial charge in [0, 0.05) is 16.7 Å². The van der Waals surface area contributed by atoms with Gasteiger partial charge >= 0.3 is 5.97 Å². The van der Waals surface area contributed by atoms with Crippen LogP contribution in [-0.4, -0.2) is 11.1 Å². The first kappa shape index (κ1) is 12.3. The van der Waals surface area contributed by atoms with E-state index in [1.807, 2.05) is 0 Å². The summed E-state index contributed by atoms with van der Waals surface area (Å²) in [5, 5.41) is 9.74. The lowest BCUT2D eigenvalue weighted by atomic mass is 10.1. The normalized spacial score (nSPS) is 10.5. The monoisotopic (exact) mass is 290 g/mol. The lowest BCUT2D eigenvalue weighted by Crippen LogP contribution is -1.96. The number of halogens is 3. The molecule has 0 fully saturated rings. The zero-order chi connectivity index (χ0) is 12.6. The minimum absolute atomic E-state index is 0.0107. The number of carboxylic acid groups (broad SMARTS) is 1. The van der Waals surface area contributed by atoms with Crippen molar-refractivity contribution in [3.05, 3.63) is 45.1 Å². The Kier molecular flexibility index (Phi) is 3.33. The molecule has 2 rings (SSSR count). The quantitative estimate of drug-likeness (QED) is 0.879. The molecule has 2 aromatic rings. The van der Waals surface area contributed by atoms with E-state index in [0.29, 0.717) is 15.6 Å². The third-order valence-corrected chi connectivity index (χ3v) is 2.84. The first-order valence-corrected chi connectivity index (χ1v) is 5.60. The highest BCUT2D eigenvalue weighted by Gasteiger charge is 2.20. The molecule has 0 saturated heterocycles. The summed E-state index contributed by atoms with van der Waals surface area (Å²) in [4.78, 5) is 11.0. The smallest absolute Gasteiger partial charge is 0.339 e. The molecule has 6 heteroatoms. The van der Waals surface area contributed by atoms with E-state index in [1.165, 1.54) is 12.1 Å². The van der Waals surface area contributed by atoms with E-state index in [0.717, 1.165) is 0 Å². The van der Waals surface area contributed by atoms with Crippen molar-refractivity contribution in [3.8, 4) is 11.3 Å². The summed E-state index contributed by atoms with van der Waals surface area (Å²) >= 11 is 17.4. The molecule has 0 saturated carbocycles. The van der Waals surface area contributed by atoms with E-state index >= 15 is 0 Å². The lowest BCUT2D eigenvalue weighted by molar-refractivity contribution is 0.0697. The van der Waals surface area contributed by atoms with Crippen molar-refractivity contribution >= 4 is 40.8 Å². The Morgan fingerprint density at radius 3 is 2.47 bits per heavy atom. The molecule has 0 aliphatic carbocycles. The number of rotatable bonds is 2. The van der Waals surface area contributed by atoms with Gasteiger partial charge in [-0.2, -0.15) is 0 Å². The van der Waals surface area contributed by atoms with Crippen LogP contribution >= 0.6 is 34.8 Å². The fourth-order valence-electron chi connectivity index (χ4n) is 1.39. The minimum Gasteiger partial charge on any atom is -0.478 e. The molecule has 1 aromatic heterocycles. The first-order chi connectivity index (χ1) is 7.99. The van der Waals surface area contributed by atoms with Gasteiger partial charge in [0.1, 0.15) is 5.56 Å². The van der Waals surface area contributed by atoms with Crippen LogP contribution in [0.25, 0.3) is 11.3 Å². The average molecular weight is 292 g/mol. The van der Waals surface area contributed by atoms with Crippen LogP contribution in [0.5, 0.6) is 0 Å². The molecule has 0 unspecified atom stereocenters. The molecular weight excluding hydrogens is 286 g/mol.